The summed E-state index contributed by atoms with van der Waals surface area (Å²) in [6.45, 7) is 3.25. The maximum atomic E-state index is 14.7. The number of rotatable bonds is 10. The molecule has 4 aromatic rings. The number of amides is 1. The summed E-state index contributed by atoms with van der Waals surface area (Å²) in [5.74, 6) is -0.409. The van der Waals surface area contributed by atoms with Crippen molar-refractivity contribution >= 4 is 23.5 Å². The van der Waals surface area contributed by atoms with Gasteiger partial charge in [-0.3, -0.25) is 9.69 Å². The fourth-order valence-electron chi connectivity index (χ4n) is 5.87. The van der Waals surface area contributed by atoms with Crippen molar-refractivity contribution in [3.8, 4) is 22.6 Å². The van der Waals surface area contributed by atoms with Crippen LogP contribution in [0.4, 0.5) is 8.78 Å². The van der Waals surface area contributed by atoms with E-state index in [2.05, 4.69) is 20.3 Å². The first-order valence-electron chi connectivity index (χ1n) is 14.6. The van der Waals surface area contributed by atoms with Crippen molar-refractivity contribution < 1.29 is 18.3 Å². The van der Waals surface area contributed by atoms with Gasteiger partial charge in [0.1, 0.15) is 12.0 Å². The summed E-state index contributed by atoms with van der Waals surface area (Å²) in [5, 5.41) is 12.8. The Labute approximate surface area is 264 Å². The van der Waals surface area contributed by atoms with E-state index in [4.69, 9.17) is 27.1 Å². The van der Waals surface area contributed by atoms with Crippen molar-refractivity contribution in [3.63, 3.8) is 0 Å². The van der Waals surface area contributed by atoms with Crippen molar-refractivity contribution in [1.29, 1.82) is 0 Å². The van der Waals surface area contributed by atoms with Crippen LogP contribution in [0, 0.1) is 5.41 Å². The summed E-state index contributed by atoms with van der Waals surface area (Å²) < 4.78 is 33.3. The zero-order valence-corrected chi connectivity index (χ0v) is 26.1. The van der Waals surface area contributed by atoms with Crippen molar-refractivity contribution in [2.75, 3.05) is 13.7 Å². The molecule has 0 saturated heterocycles. The standard InChI is InChI=1S/C31H34ClF2N9O2/c1-30(2,3)16-31(20-8-5-18(6-9-20)24-14-37-43(40-24)21-10-11-21)27(44)41(29(35)39-31)25(15-45-4)19-7-12-23(32)22(13-19)26-36-17-38-42(26)28(33)34/h5-9,12-14,17,21,25,28H,10-11,15-16H2,1-4H3,(H2,35,39)/t25?,31-/m1/s1. The Hall–Kier alpha value is -4.23. The third-order valence-electron chi connectivity index (χ3n) is 7.96. The first kappa shape index (κ1) is 30.8. The summed E-state index contributed by atoms with van der Waals surface area (Å²) in [5.41, 5.74) is 8.04. The number of halogens is 3. The summed E-state index contributed by atoms with van der Waals surface area (Å²) in [6.07, 6.45) is 5.32. The van der Waals surface area contributed by atoms with Gasteiger partial charge in [0.15, 0.2) is 17.3 Å². The second-order valence-electron chi connectivity index (χ2n) is 12.6. The van der Waals surface area contributed by atoms with Crippen LogP contribution in [0.15, 0.2) is 60.0 Å². The fraction of sp³-hybridized carbons (Fsp3) is 0.419. The molecule has 1 unspecified atom stereocenters. The molecule has 2 aromatic carbocycles. The highest BCUT2D eigenvalue weighted by molar-refractivity contribution is 6.33. The highest BCUT2D eigenvalue weighted by atomic mass is 35.5. The summed E-state index contributed by atoms with van der Waals surface area (Å²) in [6, 6.07) is 12.1. The van der Waals surface area contributed by atoms with Crippen LogP contribution < -0.4 is 5.73 Å². The molecule has 1 aliphatic carbocycles. The van der Waals surface area contributed by atoms with Crippen LogP contribution >= 0.6 is 11.6 Å². The lowest BCUT2D eigenvalue weighted by Gasteiger charge is -2.35. The molecule has 1 aliphatic heterocycles. The number of hydrogen-bond acceptors (Lipinski definition) is 8. The monoisotopic (exact) mass is 637 g/mol. The molecular weight excluding hydrogens is 604 g/mol. The first-order chi connectivity index (χ1) is 21.4. The van der Waals surface area contributed by atoms with Crippen LogP contribution in [0.3, 0.4) is 0 Å². The lowest BCUT2D eigenvalue weighted by Crippen LogP contribution is -2.47. The number of guanidine groups is 1. The number of aliphatic imine (C=N–C) groups is 1. The van der Waals surface area contributed by atoms with Crippen molar-refractivity contribution in [2.45, 2.75) is 64.2 Å². The van der Waals surface area contributed by atoms with Gasteiger partial charge in [-0.1, -0.05) is 62.7 Å². The topological polar surface area (TPSA) is 129 Å². The van der Waals surface area contributed by atoms with Gasteiger partial charge in [-0.15, -0.1) is 0 Å². The lowest BCUT2D eigenvalue weighted by molar-refractivity contribution is -0.135. The first-order valence-corrected chi connectivity index (χ1v) is 15.0. The van der Waals surface area contributed by atoms with Crippen LogP contribution in [0.25, 0.3) is 22.6 Å². The molecule has 1 fully saturated rings. The van der Waals surface area contributed by atoms with Crippen molar-refractivity contribution in [2.24, 2.45) is 16.1 Å². The number of methoxy groups -OCH3 is 1. The van der Waals surface area contributed by atoms with Crippen LogP contribution in [-0.4, -0.2) is 60.2 Å². The molecule has 11 nitrogen and oxygen atoms in total. The van der Waals surface area contributed by atoms with E-state index in [0.29, 0.717) is 28.3 Å². The van der Waals surface area contributed by atoms with E-state index >= 15 is 0 Å². The number of carbonyl (C=O) groups excluding carboxylic acids is 1. The van der Waals surface area contributed by atoms with E-state index in [-0.39, 0.29) is 40.3 Å². The van der Waals surface area contributed by atoms with Crippen LogP contribution in [0.1, 0.15) is 69.8 Å². The summed E-state index contributed by atoms with van der Waals surface area (Å²) in [4.78, 5) is 26.7. The normalized spacial score (nSPS) is 19.4. The van der Waals surface area contributed by atoms with Crippen molar-refractivity contribution in [3.05, 3.63) is 71.1 Å². The third-order valence-corrected chi connectivity index (χ3v) is 8.29. The Morgan fingerprint density at radius 3 is 2.51 bits per heavy atom. The molecule has 2 N–H and O–H groups in total. The number of ether oxygens (including phenoxy) is 1. The summed E-state index contributed by atoms with van der Waals surface area (Å²) in [7, 11) is 1.51. The third kappa shape index (κ3) is 5.82. The smallest absolute Gasteiger partial charge is 0.335 e. The predicted molar refractivity (Wildman–Crippen MR) is 164 cm³/mol. The number of alkyl halides is 2. The zero-order chi connectivity index (χ0) is 32.1. The maximum absolute atomic E-state index is 14.7. The zero-order valence-electron chi connectivity index (χ0n) is 25.4. The molecule has 3 heterocycles. The predicted octanol–water partition coefficient (Wildman–Crippen LogP) is 5.76. The largest absolute Gasteiger partial charge is 0.382 e. The molecule has 2 atom stereocenters. The highest BCUT2D eigenvalue weighted by Gasteiger charge is 2.53. The minimum Gasteiger partial charge on any atom is -0.382 e. The van der Waals surface area contributed by atoms with Crippen LogP contribution in [-0.2, 0) is 15.1 Å². The Morgan fingerprint density at radius 1 is 1.13 bits per heavy atom. The molecule has 14 heteroatoms. The second kappa shape index (κ2) is 11.6. The Kier molecular flexibility index (Phi) is 7.94. The molecule has 1 amide bonds. The van der Waals surface area contributed by atoms with Gasteiger partial charge in [-0.2, -0.15) is 33.6 Å². The Bertz CT molecular complexity index is 1740. The fourth-order valence-corrected chi connectivity index (χ4v) is 6.07. The number of carbonyl (C=O) groups is 1. The number of benzene rings is 2. The molecule has 1 saturated carbocycles. The molecule has 0 spiro atoms. The summed E-state index contributed by atoms with van der Waals surface area (Å²) >= 11 is 6.44. The van der Waals surface area contributed by atoms with Gasteiger partial charge in [-0.25, -0.2) is 9.98 Å². The number of aromatic nitrogens is 6. The van der Waals surface area contributed by atoms with E-state index in [9.17, 15) is 13.6 Å². The molecule has 45 heavy (non-hydrogen) atoms. The van der Waals surface area contributed by atoms with Gasteiger partial charge >= 0.3 is 6.55 Å². The van der Waals surface area contributed by atoms with Gasteiger partial charge in [-0.05, 0) is 47.9 Å². The van der Waals surface area contributed by atoms with E-state index in [1.54, 1.807) is 29.2 Å². The highest BCUT2D eigenvalue weighted by Crippen LogP contribution is 2.45. The number of nitrogens with zero attached hydrogens (tertiary/aromatic N) is 8. The van der Waals surface area contributed by atoms with Crippen LogP contribution in [0.2, 0.25) is 5.02 Å². The SMILES string of the molecule is COCC(c1ccc(Cl)c(-c2ncnn2C(F)F)c1)N1C(=O)[C@@](CC(C)(C)C)(c2ccc(-c3cnn(C4CC4)n3)cc2)N=C1N. The molecule has 2 aliphatic rings. The molecule has 6 rings (SSSR count). The molecule has 236 valence electrons. The Morgan fingerprint density at radius 2 is 1.87 bits per heavy atom. The van der Waals surface area contributed by atoms with Gasteiger partial charge in [0.2, 0.25) is 0 Å². The van der Waals surface area contributed by atoms with E-state index in [1.807, 2.05) is 45.0 Å². The quantitative estimate of drug-likeness (QED) is 0.234. The molecule has 0 bridgehead atoms. The Balaban J connectivity index is 1.38. The molecule has 0 radical (unpaired) electrons. The number of nitrogens with two attached hydrogens (primary N) is 1. The van der Waals surface area contributed by atoms with Gasteiger partial charge < -0.3 is 10.5 Å². The molecular formula is C31H34ClF2N9O2. The van der Waals surface area contributed by atoms with Gasteiger partial charge in [0, 0.05) is 18.2 Å². The van der Waals surface area contributed by atoms with Crippen LogP contribution in [0.5, 0.6) is 0 Å². The minimum atomic E-state index is -2.92. The minimum absolute atomic E-state index is 0.0231. The number of hydrogen-bond donors (Lipinski definition) is 1. The molecule has 2 aromatic heterocycles. The lowest BCUT2D eigenvalue weighted by atomic mass is 9.75. The van der Waals surface area contributed by atoms with Gasteiger partial charge in [0.05, 0.1) is 29.9 Å². The van der Waals surface area contributed by atoms with E-state index < -0.39 is 18.1 Å². The average molecular weight is 638 g/mol. The van der Waals surface area contributed by atoms with Gasteiger partial charge in [0.25, 0.3) is 5.91 Å². The van der Waals surface area contributed by atoms with E-state index in [0.717, 1.165) is 30.4 Å². The maximum Gasteiger partial charge on any atom is 0.335 e. The second-order valence-corrected chi connectivity index (χ2v) is 13.0. The van der Waals surface area contributed by atoms with Crippen molar-refractivity contribution in [1.82, 2.24) is 34.7 Å². The average Bonchev–Trinajstić information content (AvgIpc) is 3.41. The van der Waals surface area contributed by atoms with E-state index in [1.165, 1.54) is 12.0 Å².